The molecule has 4 nitrogen and oxygen atoms in total. The molecule has 1 aromatic rings. The highest BCUT2D eigenvalue weighted by Crippen LogP contribution is 2.18. The lowest BCUT2D eigenvalue weighted by molar-refractivity contribution is 0.578. The summed E-state index contributed by atoms with van der Waals surface area (Å²) in [5.74, 6) is 0. The first kappa shape index (κ1) is 15.5. The van der Waals surface area contributed by atoms with Crippen molar-refractivity contribution < 1.29 is 8.42 Å². The monoisotopic (exact) mass is 296 g/mol. The fourth-order valence-corrected chi connectivity index (χ4v) is 3.08. The molecule has 0 atom stereocenters. The molecule has 0 bridgehead atoms. The Kier molecular flexibility index (Phi) is 5.57. The number of hydrogen-bond acceptors (Lipinski definition) is 3. The van der Waals surface area contributed by atoms with Crippen LogP contribution in [0, 0.1) is 0 Å². The first-order valence-electron chi connectivity index (χ1n) is 7.44. The summed E-state index contributed by atoms with van der Waals surface area (Å²) >= 11 is 0. The van der Waals surface area contributed by atoms with Gasteiger partial charge in [-0.15, -0.1) is 0 Å². The van der Waals surface area contributed by atoms with Crippen LogP contribution in [0.2, 0.25) is 0 Å². The van der Waals surface area contributed by atoms with E-state index in [0.29, 0.717) is 11.4 Å². The van der Waals surface area contributed by atoms with Gasteiger partial charge in [-0.2, -0.15) is 0 Å². The molecule has 1 saturated carbocycles. The minimum Gasteiger partial charge on any atom is -0.314 e. The van der Waals surface area contributed by atoms with Crippen LogP contribution in [0.4, 0.5) is 0 Å². The molecule has 2 rings (SSSR count). The molecule has 0 aliphatic heterocycles. The number of sulfonamides is 1. The van der Waals surface area contributed by atoms with Crippen molar-refractivity contribution >= 4 is 10.0 Å². The van der Waals surface area contributed by atoms with Gasteiger partial charge in [-0.3, -0.25) is 0 Å². The van der Waals surface area contributed by atoms with Gasteiger partial charge in [0.15, 0.2) is 0 Å². The van der Waals surface area contributed by atoms with Gasteiger partial charge in [-0.25, -0.2) is 13.1 Å². The molecular weight excluding hydrogens is 272 g/mol. The Labute approximate surface area is 122 Å². The van der Waals surface area contributed by atoms with E-state index in [2.05, 4.69) is 10.0 Å². The van der Waals surface area contributed by atoms with E-state index in [1.165, 1.54) is 18.4 Å². The van der Waals surface area contributed by atoms with E-state index in [1.54, 1.807) is 12.1 Å². The maximum absolute atomic E-state index is 12.0. The van der Waals surface area contributed by atoms with E-state index in [9.17, 15) is 8.42 Å². The van der Waals surface area contributed by atoms with E-state index < -0.39 is 10.0 Å². The molecule has 1 aromatic carbocycles. The average Bonchev–Trinajstić information content (AvgIpc) is 3.24. The number of nitrogens with one attached hydrogen (secondary N) is 2. The molecule has 112 valence electrons. The highest BCUT2D eigenvalue weighted by Gasteiger charge is 2.19. The quantitative estimate of drug-likeness (QED) is 0.686. The fraction of sp³-hybridized carbons (Fsp3) is 0.600. The molecular formula is C15H24N2O2S. The van der Waals surface area contributed by atoms with Crippen molar-refractivity contribution in [1.82, 2.24) is 10.0 Å². The lowest BCUT2D eigenvalue weighted by Crippen LogP contribution is -2.24. The average molecular weight is 296 g/mol. The van der Waals surface area contributed by atoms with Gasteiger partial charge in [0.05, 0.1) is 4.90 Å². The summed E-state index contributed by atoms with van der Waals surface area (Å²) in [5, 5.41) is 3.45. The highest BCUT2D eigenvalue weighted by molar-refractivity contribution is 7.89. The lowest BCUT2D eigenvalue weighted by atomic mass is 10.1. The summed E-state index contributed by atoms with van der Waals surface area (Å²) in [5.41, 5.74) is 1.17. The summed E-state index contributed by atoms with van der Waals surface area (Å²) in [4.78, 5) is 0.354. The minimum atomic E-state index is -3.34. The molecule has 1 fully saturated rings. The molecule has 0 spiro atoms. The molecule has 0 aromatic heterocycles. The number of rotatable bonds is 9. The second-order valence-corrected chi connectivity index (χ2v) is 7.14. The summed E-state index contributed by atoms with van der Waals surface area (Å²) < 4.78 is 26.6. The van der Waals surface area contributed by atoms with Crippen molar-refractivity contribution in [3.05, 3.63) is 29.8 Å². The molecule has 20 heavy (non-hydrogen) atoms. The van der Waals surface area contributed by atoms with Crippen molar-refractivity contribution in [1.29, 1.82) is 0 Å². The van der Waals surface area contributed by atoms with E-state index in [-0.39, 0.29) is 0 Å². The predicted octanol–water partition coefficient (Wildman–Crippen LogP) is 2.06. The van der Waals surface area contributed by atoms with Crippen LogP contribution < -0.4 is 10.0 Å². The smallest absolute Gasteiger partial charge is 0.240 e. The summed E-state index contributed by atoms with van der Waals surface area (Å²) in [6.45, 7) is 3.51. The van der Waals surface area contributed by atoms with Gasteiger partial charge < -0.3 is 5.32 Å². The van der Waals surface area contributed by atoms with E-state index in [0.717, 1.165) is 31.8 Å². The minimum absolute atomic E-state index is 0.354. The maximum Gasteiger partial charge on any atom is 0.240 e. The predicted molar refractivity (Wildman–Crippen MR) is 81.3 cm³/mol. The van der Waals surface area contributed by atoms with Gasteiger partial charge in [-0.1, -0.05) is 25.5 Å². The third-order valence-electron chi connectivity index (χ3n) is 3.48. The van der Waals surface area contributed by atoms with Crippen molar-refractivity contribution in [2.45, 2.75) is 50.0 Å². The first-order valence-corrected chi connectivity index (χ1v) is 8.92. The van der Waals surface area contributed by atoms with Crippen molar-refractivity contribution in [3.8, 4) is 0 Å². The zero-order valence-corrected chi connectivity index (χ0v) is 12.9. The van der Waals surface area contributed by atoms with E-state index in [4.69, 9.17) is 0 Å². The molecule has 0 unspecified atom stereocenters. The van der Waals surface area contributed by atoms with Crippen LogP contribution in [0.3, 0.4) is 0 Å². The van der Waals surface area contributed by atoms with E-state index >= 15 is 0 Å². The standard InChI is InChI=1S/C15H24N2O2S/c1-2-3-11-17-20(18,19)15-8-4-13(5-9-15)10-12-16-14-6-7-14/h4-5,8-9,14,16-17H,2-3,6-7,10-12H2,1H3. The zero-order chi connectivity index (χ0) is 14.4. The first-order chi connectivity index (χ1) is 9.62. The van der Waals surface area contributed by atoms with Gasteiger partial charge in [-0.05, 0) is 49.9 Å². The third-order valence-corrected chi connectivity index (χ3v) is 4.96. The third kappa shape index (κ3) is 4.89. The van der Waals surface area contributed by atoms with Crippen LogP contribution in [-0.2, 0) is 16.4 Å². The van der Waals surface area contributed by atoms with E-state index in [1.807, 2.05) is 19.1 Å². The Morgan fingerprint density at radius 3 is 2.45 bits per heavy atom. The van der Waals surface area contributed by atoms with Gasteiger partial charge in [0.25, 0.3) is 0 Å². The number of unbranched alkanes of at least 4 members (excludes halogenated alkanes) is 1. The van der Waals surface area contributed by atoms with Gasteiger partial charge >= 0.3 is 0 Å². The van der Waals surface area contributed by atoms with Gasteiger partial charge in [0.1, 0.15) is 0 Å². The van der Waals surface area contributed by atoms with Gasteiger partial charge in [0.2, 0.25) is 10.0 Å². The van der Waals surface area contributed by atoms with Crippen LogP contribution in [0.5, 0.6) is 0 Å². The Morgan fingerprint density at radius 1 is 1.15 bits per heavy atom. The summed E-state index contributed by atoms with van der Waals surface area (Å²) in [7, 11) is -3.34. The van der Waals surface area contributed by atoms with Crippen LogP contribution >= 0.6 is 0 Å². The molecule has 5 heteroatoms. The Hall–Kier alpha value is -0.910. The Bertz CT molecular complexity index is 507. The lowest BCUT2D eigenvalue weighted by Gasteiger charge is -2.07. The van der Waals surface area contributed by atoms with Crippen molar-refractivity contribution in [2.24, 2.45) is 0 Å². The molecule has 1 aliphatic rings. The van der Waals surface area contributed by atoms with Crippen LogP contribution in [-0.4, -0.2) is 27.5 Å². The molecule has 1 aliphatic carbocycles. The van der Waals surface area contributed by atoms with Crippen molar-refractivity contribution in [2.75, 3.05) is 13.1 Å². The molecule has 0 saturated heterocycles. The molecule has 0 radical (unpaired) electrons. The van der Waals surface area contributed by atoms with Crippen LogP contribution in [0.25, 0.3) is 0 Å². The number of benzene rings is 1. The van der Waals surface area contributed by atoms with Crippen LogP contribution in [0.15, 0.2) is 29.2 Å². The fourth-order valence-electron chi connectivity index (χ4n) is 2.01. The largest absolute Gasteiger partial charge is 0.314 e. The van der Waals surface area contributed by atoms with Crippen LogP contribution in [0.1, 0.15) is 38.2 Å². The normalized spacial score (nSPS) is 15.4. The second-order valence-electron chi connectivity index (χ2n) is 5.37. The van der Waals surface area contributed by atoms with Crippen molar-refractivity contribution in [3.63, 3.8) is 0 Å². The zero-order valence-electron chi connectivity index (χ0n) is 12.1. The topological polar surface area (TPSA) is 58.2 Å². The SMILES string of the molecule is CCCCNS(=O)(=O)c1ccc(CCNC2CC2)cc1. The second kappa shape index (κ2) is 7.20. The van der Waals surface area contributed by atoms with Gasteiger partial charge in [0, 0.05) is 12.6 Å². The Balaban J connectivity index is 1.85. The number of hydrogen-bond donors (Lipinski definition) is 2. The maximum atomic E-state index is 12.0. The highest BCUT2D eigenvalue weighted by atomic mass is 32.2. The molecule has 0 heterocycles. The molecule has 2 N–H and O–H groups in total. The molecule has 0 amide bonds. The Morgan fingerprint density at radius 2 is 1.85 bits per heavy atom. The summed E-state index contributed by atoms with van der Waals surface area (Å²) in [6.07, 6.45) is 5.38. The summed E-state index contributed by atoms with van der Waals surface area (Å²) in [6, 6.07) is 7.92.